The normalized spacial score (nSPS) is 14.1. The van der Waals surface area contributed by atoms with Crippen molar-refractivity contribution in [3.63, 3.8) is 0 Å². The van der Waals surface area contributed by atoms with Crippen LogP contribution in [0.25, 0.3) is 22.4 Å². The molecule has 0 bridgehead atoms. The van der Waals surface area contributed by atoms with Crippen molar-refractivity contribution < 1.29 is 0 Å². The van der Waals surface area contributed by atoms with E-state index < -0.39 is 0 Å². The van der Waals surface area contributed by atoms with Gasteiger partial charge in [0.2, 0.25) is 0 Å². The smallest absolute Gasteiger partial charge is 0.159 e. The van der Waals surface area contributed by atoms with Crippen molar-refractivity contribution in [2.24, 2.45) is 0 Å². The molecule has 136 valence electrons. The lowest BCUT2D eigenvalue weighted by Gasteiger charge is -2.28. The highest BCUT2D eigenvalue weighted by Crippen LogP contribution is 2.39. The predicted molar refractivity (Wildman–Crippen MR) is 110 cm³/mol. The fourth-order valence-electron chi connectivity index (χ4n) is 3.54. The Labute approximate surface area is 160 Å². The van der Waals surface area contributed by atoms with E-state index in [-0.39, 0.29) is 0 Å². The summed E-state index contributed by atoms with van der Waals surface area (Å²) in [4.78, 5) is 6.53. The zero-order chi connectivity index (χ0) is 18.6. The minimum Gasteiger partial charge on any atom is -0.352 e. The average Bonchev–Trinajstić information content (AvgIpc) is 3.09. The van der Waals surface area contributed by atoms with Gasteiger partial charge in [-0.25, -0.2) is 0 Å². The van der Waals surface area contributed by atoms with Crippen LogP contribution in [0.1, 0.15) is 5.56 Å². The maximum Gasteiger partial charge on any atom is 0.159 e. The Morgan fingerprint density at radius 2 is 1.74 bits per heavy atom. The monoisotopic (exact) mass is 357 g/mol. The maximum absolute atomic E-state index is 5.66. The van der Waals surface area contributed by atoms with Crippen LogP contribution in [-0.4, -0.2) is 40.9 Å². The first-order chi connectivity index (χ1) is 13.3. The summed E-state index contributed by atoms with van der Waals surface area (Å²) >= 11 is 0. The lowest BCUT2D eigenvalue weighted by molar-refractivity contribution is 0.580. The van der Waals surface area contributed by atoms with Crippen molar-refractivity contribution in [1.29, 1.82) is 0 Å². The third-order valence-corrected chi connectivity index (χ3v) is 4.89. The largest absolute Gasteiger partial charge is 0.352 e. The highest BCUT2D eigenvalue weighted by molar-refractivity contribution is 5.89. The summed E-state index contributed by atoms with van der Waals surface area (Å²) in [5, 5.41) is 8.36. The minimum absolute atomic E-state index is 0.438. The number of hydrogen-bond acceptors (Lipinski definition) is 4. The van der Waals surface area contributed by atoms with E-state index in [9.17, 15) is 0 Å². The molecule has 0 unspecified atom stereocenters. The number of benzene rings is 1. The highest BCUT2D eigenvalue weighted by Gasteiger charge is 2.25. The quantitative estimate of drug-likeness (QED) is 0.729. The lowest BCUT2D eigenvalue weighted by atomic mass is 10.00. The van der Waals surface area contributed by atoms with Crippen LogP contribution in [0.4, 0.5) is 5.82 Å². The molecule has 2 aromatic heterocycles. The molecule has 1 saturated heterocycles. The molecular weight excluding hydrogens is 334 g/mol. The Balaban J connectivity index is 1.95. The fourth-order valence-corrected chi connectivity index (χ4v) is 3.54. The van der Waals surface area contributed by atoms with E-state index in [1.54, 1.807) is 0 Å². The summed E-state index contributed by atoms with van der Waals surface area (Å²) in [6.07, 6.45) is 9.32. The molecule has 0 radical (unpaired) electrons. The van der Waals surface area contributed by atoms with Crippen molar-refractivity contribution in [2.75, 3.05) is 31.1 Å². The molecule has 1 fully saturated rings. The number of hydrogen-bond donors (Lipinski definition) is 1. The maximum atomic E-state index is 5.66. The second kappa shape index (κ2) is 7.65. The van der Waals surface area contributed by atoms with Crippen LogP contribution in [0.2, 0.25) is 0 Å². The van der Waals surface area contributed by atoms with Crippen molar-refractivity contribution in [2.45, 2.75) is 13.5 Å². The van der Waals surface area contributed by atoms with Crippen LogP contribution in [0.3, 0.4) is 0 Å². The molecule has 4 rings (SSSR count). The number of pyridine rings is 1. The average molecular weight is 357 g/mol. The number of aromatic nitrogens is 3. The van der Waals surface area contributed by atoms with E-state index in [1.807, 2.05) is 29.2 Å². The molecule has 0 spiro atoms. The zero-order valence-electron chi connectivity index (χ0n) is 15.5. The minimum atomic E-state index is 0.438. The van der Waals surface area contributed by atoms with Crippen LogP contribution in [0.5, 0.6) is 0 Å². The van der Waals surface area contributed by atoms with Gasteiger partial charge in [0.25, 0.3) is 0 Å². The molecule has 3 aromatic rings. The molecule has 0 atom stereocenters. The molecule has 5 heteroatoms. The standard InChI is InChI=1S/C22H23N5/c1-3-14-27-21(19-6-4-17(2)5-7-19)20(18-8-10-23-11-9-18)22(25-27)26-15-12-24-13-16-26/h1,4-11,24H,12-16H2,2H3. The molecule has 0 saturated carbocycles. The number of nitrogens with one attached hydrogen (secondary N) is 1. The first-order valence-electron chi connectivity index (χ1n) is 9.25. The fraction of sp³-hybridized carbons (Fsp3) is 0.273. The van der Waals surface area contributed by atoms with Gasteiger partial charge in [-0.1, -0.05) is 35.7 Å². The van der Waals surface area contributed by atoms with E-state index in [0.717, 1.165) is 54.4 Å². The Kier molecular flexibility index (Phi) is 4.91. The van der Waals surface area contributed by atoms with Gasteiger partial charge in [-0.15, -0.1) is 6.42 Å². The second-order valence-corrected chi connectivity index (χ2v) is 6.75. The molecule has 1 aromatic carbocycles. The number of nitrogens with zero attached hydrogens (tertiary/aromatic N) is 4. The summed E-state index contributed by atoms with van der Waals surface area (Å²) in [5.41, 5.74) is 5.65. The van der Waals surface area contributed by atoms with Gasteiger partial charge < -0.3 is 10.2 Å². The third-order valence-electron chi connectivity index (χ3n) is 4.89. The topological polar surface area (TPSA) is 46.0 Å². The molecule has 3 heterocycles. The summed E-state index contributed by atoms with van der Waals surface area (Å²) in [6, 6.07) is 12.6. The Morgan fingerprint density at radius 1 is 1.04 bits per heavy atom. The SMILES string of the molecule is C#CCn1nc(N2CCNCC2)c(-c2ccncc2)c1-c1ccc(C)cc1. The molecular formula is C22H23N5. The van der Waals surface area contributed by atoms with Crippen LogP contribution in [0.15, 0.2) is 48.8 Å². The predicted octanol–water partition coefficient (Wildman–Crippen LogP) is 2.96. The molecule has 0 amide bonds. The number of rotatable bonds is 4. The van der Waals surface area contributed by atoms with E-state index in [1.165, 1.54) is 5.56 Å². The molecule has 0 aliphatic carbocycles. The summed E-state index contributed by atoms with van der Waals surface area (Å²) in [6.45, 7) is 6.30. The van der Waals surface area contributed by atoms with Gasteiger partial charge in [0.05, 0.1) is 11.3 Å². The van der Waals surface area contributed by atoms with Gasteiger partial charge in [0.1, 0.15) is 6.54 Å². The van der Waals surface area contributed by atoms with Crippen molar-refractivity contribution >= 4 is 5.82 Å². The molecule has 1 aliphatic heterocycles. The number of aryl methyl sites for hydroxylation is 1. The van der Waals surface area contributed by atoms with E-state index in [0.29, 0.717) is 6.54 Å². The summed E-state index contributed by atoms with van der Waals surface area (Å²) in [5.74, 6) is 3.75. The van der Waals surface area contributed by atoms with Crippen molar-refractivity contribution in [3.05, 3.63) is 54.4 Å². The first-order valence-corrected chi connectivity index (χ1v) is 9.25. The van der Waals surface area contributed by atoms with Gasteiger partial charge in [-0.2, -0.15) is 5.10 Å². The molecule has 1 N–H and O–H groups in total. The van der Waals surface area contributed by atoms with Crippen LogP contribution in [-0.2, 0) is 6.54 Å². The van der Waals surface area contributed by atoms with Gasteiger partial charge in [-0.05, 0) is 24.6 Å². The van der Waals surface area contributed by atoms with Gasteiger partial charge in [0, 0.05) is 44.1 Å². The Morgan fingerprint density at radius 3 is 2.41 bits per heavy atom. The van der Waals surface area contributed by atoms with Gasteiger partial charge in [-0.3, -0.25) is 9.67 Å². The second-order valence-electron chi connectivity index (χ2n) is 6.75. The Bertz CT molecular complexity index is 945. The van der Waals surface area contributed by atoms with Crippen molar-refractivity contribution in [1.82, 2.24) is 20.1 Å². The van der Waals surface area contributed by atoms with Crippen molar-refractivity contribution in [3.8, 4) is 34.7 Å². The van der Waals surface area contributed by atoms with E-state index >= 15 is 0 Å². The Hall–Kier alpha value is -3.10. The van der Waals surface area contributed by atoms with Gasteiger partial charge >= 0.3 is 0 Å². The molecule has 5 nitrogen and oxygen atoms in total. The first kappa shape index (κ1) is 17.3. The number of terminal acetylenes is 1. The van der Waals surface area contributed by atoms with Crippen LogP contribution in [0, 0.1) is 19.3 Å². The van der Waals surface area contributed by atoms with E-state index in [2.05, 4.69) is 52.3 Å². The summed E-state index contributed by atoms with van der Waals surface area (Å²) < 4.78 is 1.96. The number of piperazine rings is 1. The van der Waals surface area contributed by atoms with Gasteiger partial charge in [0.15, 0.2) is 5.82 Å². The number of anilines is 1. The molecule has 27 heavy (non-hydrogen) atoms. The van der Waals surface area contributed by atoms with E-state index in [4.69, 9.17) is 11.5 Å². The zero-order valence-corrected chi connectivity index (χ0v) is 15.5. The third kappa shape index (κ3) is 3.44. The highest BCUT2D eigenvalue weighted by atomic mass is 15.4. The van der Waals surface area contributed by atoms with Crippen LogP contribution >= 0.6 is 0 Å². The molecule has 1 aliphatic rings. The lowest BCUT2D eigenvalue weighted by Crippen LogP contribution is -2.44. The van der Waals surface area contributed by atoms with Crippen LogP contribution < -0.4 is 10.2 Å². The summed E-state index contributed by atoms with van der Waals surface area (Å²) in [7, 11) is 0.